The lowest BCUT2D eigenvalue weighted by molar-refractivity contribution is 0.0205. The van der Waals surface area contributed by atoms with E-state index in [4.69, 9.17) is 4.74 Å². The molecule has 5 nitrogen and oxygen atoms in total. The number of hydrogen-bond donors (Lipinski definition) is 1. The fraction of sp³-hybridized carbons (Fsp3) is 0.316. The maximum atomic E-state index is 10.2. The topological polar surface area (TPSA) is 50.5 Å². The van der Waals surface area contributed by atoms with Crippen molar-refractivity contribution in [1.82, 2.24) is 14.7 Å². The highest BCUT2D eigenvalue weighted by atomic mass is 16.5. The second kappa shape index (κ2) is 6.63. The van der Waals surface area contributed by atoms with Crippen molar-refractivity contribution in [2.24, 2.45) is 0 Å². The lowest BCUT2D eigenvalue weighted by Gasteiger charge is -2.40. The highest BCUT2D eigenvalue weighted by molar-refractivity contribution is 5.83. The first kappa shape index (κ1) is 15.2. The molecular weight excluding hydrogens is 302 g/mol. The number of ether oxygens (including phenoxy) is 1. The highest BCUT2D eigenvalue weighted by Crippen LogP contribution is 2.22. The summed E-state index contributed by atoms with van der Waals surface area (Å²) in [5, 5.41) is 16.8. The van der Waals surface area contributed by atoms with Crippen molar-refractivity contribution in [2.45, 2.75) is 12.1 Å². The summed E-state index contributed by atoms with van der Waals surface area (Å²) in [6.07, 6.45) is 3.30. The van der Waals surface area contributed by atoms with Gasteiger partial charge in [-0.1, -0.05) is 30.3 Å². The van der Waals surface area contributed by atoms with Crippen LogP contribution in [0.1, 0.15) is 6.04 Å². The number of rotatable bonds is 6. The van der Waals surface area contributed by atoms with Crippen LogP contribution < -0.4 is 4.74 Å². The number of β-amino-alcohol motifs (C(OH)–C–C–N with tert-alkyl or cyclic N) is 1. The van der Waals surface area contributed by atoms with Crippen molar-refractivity contribution >= 4 is 10.8 Å². The van der Waals surface area contributed by atoms with Gasteiger partial charge in [-0.05, 0) is 29.0 Å². The molecular formula is C19H21N3O2. The van der Waals surface area contributed by atoms with Gasteiger partial charge in [-0.15, -0.1) is 0 Å². The first-order valence-corrected chi connectivity index (χ1v) is 8.29. The number of aromatic nitrogens is 2. The Labute approximate surface area is 141 Å². The summed E-state index contributed by atoms with van der Waals surface area (Å²) < 4.78 is 7.73. The summed E-state index contributed by atoms with van der Waals surface area (Å²) in [6, 6.07) is 16.6. The van der Waals surface area contributed by atoms with Crippen LogP contribution in [0.3, 0.4) is 0 Å². The quantitative estimate of drug-likeness (QED) is 0.756. The predicted octanol–water partition coefficient (Wildman–Crippen LogP) is 2.33. The molecule has 3 aromatic rings. The lowest BCUT2D eigenvalue weighted by Crippen LogP contribution is -2.51. The summed E-state index contributed by atoms with van der Waals surface area (Å²) in [7, 11) is 0. The van der Waals surface area contributed by atoms with Gasteiger partial charge in [-0.3, -0.25) is 9.58 Å². The van der Waals surface area contributed by atoms with Crippen LogP contribution in [0.4, 0.5) is 0 Å². The largest absolute Gasteiger partial charge is 0.491 e. The van der Waals surface area contributed by atoms with E-state index >= 15 is 0 Å². The lowest BCUT2D eigenvalue weighted by atomic mass is 10.1. The Morgan fingerprint density at radius 1 is 1.12 bits per heavy atom. The van der Waals surface area contributed by atoms with Gasteiger partial charge < -0.3 is 9.84 Å². The van der Waals surface area contributed by atoms with E-state index in [2.05, 4.69) is 22.1 Å². The fourth-order valence-electron chi connectivity index (χ4n) is 3.16. The van der Waals surface area contributed by atoms with E-state index in [9.17, 15) is 5.11 Å². The molecule has 124 valence electrons. The highest BCUT2D eigenvalue weighted by Gasteiger charge is 2.29. The number of likely N-dealkylation sites (tertiary alicyclic amines) is 1. The number of nitrogens with zero attached hydrogens (tertiary/aromatic N) is 3. The molecule has 0 radical (unpaired) electrons. The van der Waals surface area contributed by atoms with Crippen LogP contribution in [-0.2, 0) is 0 Å². The SMILES string of the molecule is O[C@H](COc1ccc2ccccc2c1)CN1CC(n2cccn2)C1. The van der Waals surface area contributed by atoms with Gasteiger partial charge in [0.05, 0.1) is 6.04 Å². The van der Waals surface area contributed by atoms with Crippen LogP contribution in [0.2, 0.25) is 0 Å². The molecule has 1 aromatic heterocycles. The Hall–Kier alpha value is -2.37. The van der Waals surface area contributed by atoms with E-state index in [0.717, 1.165) is 24.2 Å². The fourth-order valence-corrected chi connectivity index (χ4v) is 3.16. The Balaban J connectivity index is 1.25. The monoisotopic (exact) mass is 323 g/mol. The zero-order valence-corrected chi connectivity index (χ0v) is 13.5. The summed E-state index contributed by atoms with van der Waals surface area (Å²) in [5.41, 5.74) is 0. The molecule has 1 atom stereocenters. The van der Waals surface area contributed by atoms with Gasteiger partial charge in [0.15, 0.2) is 0 Å². The van der Waals surface area contributed by atoms with Crippen LogP contribution in [0, 0.1) is 0 Å². The van der Waals surface area contributed by atoms with Crippen LogP contribution >= 0.6 is 0 Å². The summed E-state index contributed by atoms with van der Waals surface area (Å²) in [4.78, 5) is 2.22. The van der Waals surface area contributed by atoms with Gasteiger partial charge in [-0.2, -0.15) is 5.10 Å². The van der Waals surface area contributed by atoms with Gasteiger partial charge in [-0.25, -0.2) is 0 Å². The van der Waals surface area contributed by atoms with Crippen LogP contribution in [-0.4, -0.2) is 52.1 Å². The first-order chi connectivity index (χ1) is 11.8. The van der Waals surface area contributed by atoms with Gasteiger partial charge in [0.2, 0.25) is 0 Å². The van der Waals surface area contributed by atoms with E-state index < -0.39 is 6.10 Å². The third-order valence-electron chi connectivity index (χ3n) is 4.47. The van der Waals surface area contributed by atoms with Crippen molar-refractivity contribution in [3.63, 3.8) is 0 Å². The molecule has 0 bridgehead atoms. The normalized spacial score (nSPS) is 16.9. The minimum Gasteiger partial charge on any atom is -0.491 e. The molecule has 5 heteroatoms. The number of benzene rings is 2. The molecule has 0 spiro atoms. The Morgan fingerprint density at radius 3 is 2.75 bits per heavy atom. The smallest absolute Gasteiger partial charge is 0.120 e. The zero-order valence-electron chi connectivity index (χ0n) is 13.5. The molecule has 1 N–H and O–H groups in total. The summed E-state index contributed by atoms with van der Waals surface area (Å²) >= 11 is 0. The van der Waals surface area contributed by atoms with Gasteiger partial charge >= 0.3 is 0 Å². The summed E-state index contributed by atoms with van der Waals surface area (Å²) in [6.45, 7) is 2.79. The number of aliphatic hydroxyl groups excluding tert-OH is 1. The third-order valence-corrected chi connectivity index (χ3v) is 4.47. The van der Waals surface area contributed by atoms with E-state index in [1.165, 1.54) is 5.39 Å². The summed E-state index contributed by atoms with van der Waals surface area (Å²) in [5.74, 6) is 0.797. The molecule has 1 aliphatic heterocycles. The van der Waals surface area contributed by atoms with Crippen molar-refractivity contribution in [3.05, 3.63) is 60.9 Å². The molecule has 1 fully saturated rings. The van der Waals surface area contributed by atoms with E-state index in [0.29, 0.717) is 19.2 Å². The minimum atomic E-state index is -0.491. The predicted molar refractivity (Wildman–Crippen MR) is 93.2 cm³/mol. The van der Waals surface area contributed by atoms with Crippen LogP contribution in [0.15, 0.2) is 60.9 Å². The molecule has 1 aliphatic rings. The molecule has 2 heterocycles. The first-order valence-electron chi connectivity index (χ1n) is 8.29. The van der Waals surface area contributed by atoms with E-state index in [-0.39, 0.29) is 0 Å². The Morgan fingerprint density at radius 2 is 1.96 bits per heavy atom. The van der Waals surface area contributed by atoms with Crippen molar-refractivity contribution in [2.75, 3.05) is 26.2 Å². The molecule has 4 rings (SSSR count). The molecule has 0 aliphatic carbocycles. The number of aliphatic hydroxyl groups is 1. The van der Waals surface area contributed by atoms with E-state index in [1.54, 1.807) is 6.20 Å². The van der Waals surface area contributed by atoms with Crippen molar-refractivity contribution < 1.29 is 9.84 Å². The molecule has 0 saturated carbocycles. The van der Waals surface area contributed by atoms with E-state index in [1.807, 2.05) is 47.3 Å². The molecule has 0 amide bonds. The average molecular weight is 323 g/mol. The standard InChI is InChI=1S/C19H21N3O2/c23-18(13-21-11-17(12-21)22-9-3-8-20-22)14-24-19-7-6-15-4-1-2-5-16(15)10-19/h1-10,17-18,23H,11-14H2/t18-/m0/s1. The maximum Gasteiger partial charge on any atom is 0.120 e. The minimum absolute atomic E-state index is 0.307. The van der Waals surface area contributed by atoms with Crippen LogP contribution in [0.5, 0.6) is 5.75 Å². The Kier molecular flexibility index (Phi) is 4.19. The van der Waals surface area contributed by atoms with Crippen LogP contribution in [0.25, 0.3) is 10.8 Å². The van der Waals surface area contributed by atoms with Gasteiger partial charge in [0, 0.05) is 32.0 Å². The van der Waals surface area contributed by atoms with Crippen molar-refractivity contribution in [1.29, 1.82) is 0 Å². The third kappa shape index (κ3) is 3.27. The average Bonchev–Trinajstić information content (AvgIpc) is 3.09. The molecule has 0 unspecified atom stereocenters. The second-order valence-electron chi connectivity index (χ2n) is 6.33. The number of fused-ring (bicyclic) bond motifs is 1. The number of hydrogen-bond acceptors (Lipinski definition) is 4. The van der Waals surface area contributed by atoms with Crippen molar-refractivity contribution in [3.8, 4) is 5.75 Å². The van der Waals surface area contributed by atoms with Gasteiger partial charge in [0.1, 0.15) is 18.5 Å². The van der Waals surface area contributed by atoms with Gasteiger partial charge in [0.25, 0.3) is 0 Å². The Bertz CT molecular complexity index is 797. The second-order valence-corrected chi connectivity index (χ2v) is 6.33. The molecule has 24 heavy (non-hydrogen) atoms. The maximum absolute atomic E-state index is 10.2. The zero-order chi connectivity index (χ0) is 16.4. The molecule has 1 saturated heterocycles. The molecule has 2 aromatic carbocycles.